The Balaban J connectivity index is 1.59. The van der Waals surface area contributed by atoms with Gasteiger partial charge in [-0.3, -0.25) is 9.59 Å². The number of carbonyl (C=O) groups excluding carboxylic acids is 2. The molecule has 0 bridgehead atoms. The highest BCUT2D eigenvalue weighted by atomic mass is 19.1. The Kier molecular flexibility index (Phi) is 6.03. The molecular weight excluding hydrogens is 361 g/mol. The largest absolute Gasteiger partial charge is 0.382 e. The van der Waals surface area contributed by atoms with Gasteiger partial charge in [0.15, 0.2) is 0 Å². The topological polar surface area (TPSA) is 71.0 Å². The zero-order valence-electron chi connectivity index (χ0n) is 15.8. The van der Waals surface area contributed by atoms with Gasteiger partial charge in [-0.15, -0.1) is 0 Å². The quantitative estimate of drug-likeness (QED) is 0.831. The average molecular weight is 383 g/mol. The summed E-state index contributed by atoms with van der Waals surface area (Å²) in [5.41, 5.74) is 2.24. The second-order valence-electron chi connectivity index (χ2n) is 6.39. The van der Waals surface area contributed by atoms with Gasteiger partial charge in [0.2, 0.25) is 6.10 Å². The molecule has 7 heteroatoms. The van der Waals surface area contributed by atoms with Crippen LogP contribution >= 0.6 is 0 Å². The van der Waals surface area contributed by atoms with Crippen LogP contribution in [0, 0.1) is 5.82 Å². The number of nitrogens with zero attached hydrogens (tertiary/aromatic N) is 2. The summed E-state index contributed by atoms with van der Waals surface area (Å²) in [6.07, 6.45) is -0.524. The monoisotopic (exact) mass is 383 g/mol. The van der Waals surface area contributed by atoms with E-state index in [-0.39, 0.29) is 24.1 Å². The molecule has 0 saturated carbocycles. The maximum atomic E-state index is 13.3. The van der Waals surface area contributed by atoms with Gasteiger partial charge in [-0.05, 0) is 50.2 Å². The molecule has 2 amide bonds. The van der Waals surface area contributed by atoms with Gasteiger partial charge in [0.25, 0.3) is 11.8 Å². The SMILES string of the molecule is CCN(CC)C(=O)c1ccc(NC(=O)C2CC(c3cccc(F)c3)=NO2)cc1. The van der Waals surface area contributed by atoms with E-state index in [9.17, 15) is 14.0 Å². The first-order valence-electron chi connectivity index (χ1n) is 9.20. The molecule has 1 heterocycles. The number of halogens is 1. The Bertz CT molecular complexity index is 892. The standard InChI is InChI=1S/C21H22FN3O3/c1-3-25(4-2)21(27)14-8-10-17(11-9-14)23-20(26)19-13-18(24-28-19)15-6-5-7-16(22)12-15/h5-12,19H,3-4,13H2,1-2H3,(H,23,26). The fourth-order valence-corrected chi connectivity index (χ4v) is 2.97. The number of anilines is 1. The van der Waals surface area contributed by atoms with Crippen LogP contribution in [0.25, 0.3) is 0 Å². The molecule has 0 aromatic heterocycles. The minimum atomic E-state index is -0.782. The first kappa shape index (κ1) is 19.5. The van der Waals surface area contributed by atoms with Gasteiger partial charge in [0, 0.05) is 36.3 Å². The fraction of sp³-hybridized carbons (Fsp3) is 0.286. The highest BCUT2D eigenvalue weighted by Crippen LogP contribution is 2.19. The van der Waals surface area contributed by atoms with Crippen molar-refractivity contribution in [3.8, 4) is 0 Å². The minimum Gasteiger partial charge on any atom is -0.382 e. The first-order chi connectivity index (χ1) is 13.5. The lowest BCUT2D eigenvalue weighted by molar-refractivity contribution is -0.125. The molecule has 0 saturated heterocycles. The van der Waals surface area contributed by atoms with Crippen LogP contribution < -0.4 is 5.32 Å². The number of oxime groups is 1. The molecule has 1 unspecified atom stereocenters. The fourth-order valence-electron chi connectivity index (χ4n) is 2.97. The van der Waals surface area contributed by atoms with Gasteiger partial charge in [-0.25, -0.2) is 4.39 Å². The third-order valence-corrected chi connectivity index (χ3v) is 4.57. The molecule has 1 atom stereocenters. The van der Waals surface area contributed by atoms with Crippen LogP contribution in [0.15, 0.2) is 53.7 Å². The van der Waals surface area contributed by atoms with E-state index in [1.807, 2.05) is 13.8 Å². The lowest BCUT2D eigenvalue weighted by atomic mass is 10.0. The van der Waals surface area contributed by atoms with E-state index < -0.39 is 6.10 Å². The van der Waals surface area contributed by atoms with Crippen LogP contribution in [0.5, 0.6) is 0 Å². The Morgan fingerprint density at radius 3 is 2.54 bits per heavy atom. The van der Waals surface area contributed by atoms with E-state index in [1.165, 1.54) is 12.1 Å². The van der Waals surface area contributed by atoms with E-state index in [2.05, 4.69) is 10.5 Å². The first-order valence-corrected chi connectivity index (χ1v) is 9.20. The highest BCUT2D eigenvalue weighted by molar-refractivity contribution is 6.06. The smallest absolute Gasteiger partial charge is 0.268 e. The van der Waals surface area contributed by atoms with Crippen molar-refractivity contribution >= 4 is 23.2 Å². The summed E-state index contributed by atoms with van der Waals surface area (Å²) >= 11 is 0. The van der Waals surface area contributed by atoms with Gasteiger partial charge >= 0.3 is 0 Å². The molecule has 2 aromatic rings. The number of carbonyl (C=O) groups is 2. The number of benzene rings is 2. The lowest BCUT2D eigenvalue weighted by Gasteiger charge is -2.18. The molecule has 2 aromatic carbocycles. The molecular formula is C21H22FN3O3. The maximum absolute atomic E-state index is 13.3. The van der Waals surface area contributed by atoms with Gasteiger partial charge in [-0.1, -0.05) is 17.3 Å². The molecule has 1 aliphatic rings. The van der Waals surface area contributed by atoms with E-state index >= 15 is 0 Å². The Morgan fingerprint density at radius 2 is 1.89 bits per heavy atom. The zero-order valence-corrected chi connectivity index (χ0v) is 15.8. The van der Waals surface area contributed by atoms with E-state index in [4.69, 9.17) is 4.84 Å². The molecule has 0 fully saturated rings. The lowest BCUT2D eigenvalue weighted by Crippen LogP contribution is -2.30. The number of nitrogens with one attached hydrogen (secondary N) is 1. The molecule has 6 nitrogen and oxygen atoms in total. The molecule has 146 valence electrons. The molecule has 1 N–H and O–H groups in total. The summed E-state index contributed by atoms with van der Waals surface area (Å²) < 4.78 is 13.3. The van der Waals surface area contributed by atoms with E-state index in [1.54, 1.807) is 41.3 Å². The zero-order chi connectivity index (χ0) is 20.1. The Morgan fingerprint density at radius 1 is 1.18 bits per heavy atom. The normalized spacial score (nSPS) is 15.5. The molecule has 0 radical (unpaired) electrons. The summed E-state index contributed by atoms with van der Waals surface area (Å²) in [5, 5.41) is 6.66. The van der Waals surface area contributed by atoms with Crippen molar-refractivity contribution in [2.24, 2.45) is 5.16 Å². The molecule has 28 heavy (non-hydrogen) atoms. The third kappa shape index (κ3) is 4.36. The Labute approximate surface area is 163 Å². The molecule has 1 aliphatic heterocycles. The predicted octanol–water partition coefficient (Wildman–Crippen LogP) is 3.44. The van der Waals surface area contributed by atoms with Crippen molar-refractivity contribution in [3.05, 3.63) is 65.5 Å². The van der Waals surface area contributed by atoms with Gasteiger partial charge in [0.05, 0.1) is 5.71 Å². The van der Waals surface area contributed by atoms with Crippen molar-refractivity contribution in [2.75, 3.05) is 18.4 Å². The molecule has 3 rings (SSSR count). The summed E-state index contributed by atoms with van der Waals surface area (Å²) in [6.45, 7) is 5.14. The van der Waals surface area contributed by atoms with Crippen LogP contribution in [0.1, 0.15) is 36.2 Å². The maximum Gasteiger partial charge on any atom is 0.268 e. The third-order valence-electron chi connectivity index (χ3n) is 4.57. The second kappa shape index (κ2) is 8.65. The van der Waals surface area contributed by atoms with E-state index in [0.29, 0.717) is 35.6 Å². The van der Waals surface area contributed by atoms with Crippen LogP contribution in [0.2, 0.25) is 0 Å². The van der Waals surface area contributed by atoms with Crippen molar-refractivity contribution < 1.29 is 18.8 Å². The van der Waals surface area contributed by atoms with Crippen molar-refractivity contribution in [2.45, 2.75) is 26.4 Å². The van der Waals surface area contributed by atoms with Gasteiger partial charge in [0.1, 0.15) is 5.82 Å². The Hall–Kier alpha value is -3.22. The molecule has 0 spiro atoms. The van der Waals surface area contributed by atoms with Crippen molar-refractivity contribution in [3.63, 3.8) is 0 Å². The van der Waals surface area contributed by atoms with Crippen molar-refractivity contribution in [1.82, 2.24) is 4.90 Å². The minimum absolute atomic E-state index is 0.0462. The number of amides is 2. The summed E-state index contributed by atoms with van der Waals surface area (Å²) in [7, 11) is 0. The number of hydrogen-bond donors (Lipinski definition) is 1. The summed E-state index contributed by atoms with van der Waals surface area (Å²) in [5.74, 6) is -0.763. The molecule has 0 aliphatic carbocycles. The predicted molar refractivity (Wildman–Crippen MR) is 105 cm³/mol. The van der Waals surface area contributed by atoms with Crippen molar-refractivity contribution in [1.29, 1.82) is 0 Å². The highest BCUT2D eigenvalue weighted by Gasteiger charge is 2.29. The summed E-state index contributed by atoms with van der Waals surface area (Å²) in [4.78, 5) is 31.7. The van der Waals surface area contributed by atoms with Crippen LogP contribution in [-0.2, 0) is 9.63 Å². The van der Waals surface area contributed by atoms with Crippen LogP contribution in [-0.4, -0.2) is 41.6 Å². The van der Waals surface area contributed by atoms with Crippen LogP contribution in [0.3, 0.4) is 0 Å². The second-order valence-corrected chi connectivity index (χ2v) is 6.39. The van der Waals surface area contributed by atoms with Gasteiger partial charge < -0.3 is 15.1 Å². The van der Waals surface area contributed by atoms with E-state index in [0.717, 1.165) is 0 Å². The number of rotatable bonds is 6. The number of hydrogen-bond acceptors (Lipinski definition) is 4. The average Bonchev–Trinajstić information content (AvgIpc) is 3.20. The van der Waals surface area contributed by atoms with Crippen LogP contribution in [0.4, 0.5) is 10.1 Å². The van der Waals surface area contributed by atoms with Gasteiger partial charge in [-0.2, -0.15) is 0 Å². The summed E-state index contributed by atoms with van der Waals surface area (Å²) in [6, 6.07) is 12.7.